The molecule has 0 radical (unpaired) electrons. The second-order valence-corrected chi connectivity index (χ2v) is 7.95. The molecule has 0 atom stereocenters. The Bertz CT molecular complexity index is 927. The van der Waals surface area contributed by atoms with Crippen molar-refractivity contribution in [2.24, 2.45) is 0 Å². The first kappa shape index (κ1) is 17.3. The van der Waals surface area contributed by atoms with E-state index in [1.807, 2.05) is 4.72 Å². The van der Waals surface area contributed by atoms with Crippen molar-refractivity contribution in [2.45, 2.75) is 9.79 Å². The number of halogens is 2. The predicted octanol–water partition coefficient (Wildman–Crippen LogP) is 1.67. The van der Waals surface area contributed by atoms with Crippen molar-refractivity contribution in [3.63, 3.8) is 0 Å². The van der Waals surface area contributed by atoms with E-state index in [0.29, 0.717) is 12.1 Å². The molecule has 0 saturated heterocycles. The van der Waals surface area contributed by atoms with Crippen molar-refractivity contribution < 1.29 is 25.6 Å². The molecule has 0 saturated carbocycles. The maximum absolute atomic E-state index is 13.6. The van der Waals surface area contributed by atoms with E-state index < -0.39 is 36.6 Å². The molecule has 10 heteroatoms. The Morgan fingerprint density at radius 3 is 2.04 bits per heavy atom. The average molecular weight is 362 g/mol. The van der Waals surface area contributed by atoms with Crippen LogP contribution in [0.3, 0.4) is 0 Å². The molecule has 23 heavy (non-hydrogen) atoms. The van der Waals surface area contributed by atoms with Gasteiger partial charge in [-0.15, -0.1) is 0 Å². The molecule has 6 nitrogen and oxygen atoms in total. The summed E-state index contributed by atoms with van der Waals surface area (Å²) in [7, 11) is -6.78. The maximum Gasteiger partial charge on any atom is 0.264 e. The van der Waals surface area contributed by atoms with Crippen molar-refractivity contribution >= 4 is 25.7 Å². The van der Waals surface area contributed by atoms with Crippen LogP contribution < -0.4 is 9.44 Å². The fraction of sp³-hybridized carbons (Fsp3) is 0.0769. The van der Waals surface area contributed by atoms with Crippen LogP contribution in [0.15, 0.2) is 52.3 Å². The molecule has 124 valence electrons. The third-order valence-corrected chi connectivity index (χ3v) is 5.69. The van der Waals surface area contributed by atoms with E-state index >= 15 is 0 Å². The van der Waals surface area contributed by atoms with Crippen molar-refractivity contribution in [3.8, 4) is 0 Å². The summed E-state index contributed by atoms with van der Waals surface area (Å²) in [5, 5.41) is 0. The second-order valence-electron chi connectivity index (χ2n) is 4.41. The van der Waals surface area contributed by atoms with Crippen molar-refractivity contribution in [1.29, 1.82) is 0 Å². The van der Waals surface area contributed by atoms with Gasteiger partial charge in [0.1, 0.15) is 16.5 Å². The molecule has 2 aromatic rings. The molecule has 0 aliphatic heterocycles. The molecule has 0 aliphatic carbocycles. The van der Waals surface area contributed by atoms with Gasteiger partial charge >= 0.3 is 0 Å². The van der Waals surface area contributed by atoms with Crippen LogP contribution in [0.4, 0.5) is 14.5 Å². The lowest BCUT2D eigenvalue weighted by Crippen LogP contribution is -2.18. The summed E-state index contributed by atoms with van der Waals surface area (Å²) in [6.45, 7) is 0. The smallest absolute Gasteiger partial charge is 0.264 e. The zero-order valence-corrected chi connectivity index (χ0v) is 13.4. The fourth-order valence-electron chi connectivity index (χ4n) is 1.71. The Hall–Kier alpha value is -2.04. The number of rotatable bonds is 5. The zero-order valence-electron chi connectivity index (χ0n) is 11.7. The molecule has 0 spiro atoms. The summed E-state index contributed by atoms with van der Waals surface area (Å²) in [4.78, 5) is -0.913. The molecule has 0 amide bonds. The van der Waals surface area contributed by atoms with Gasteiger partial charge in [-0.3, -0.25) is 4.72 Å². The number of hydrogen-bond donors (Lipinski definition) is 2. The Labute approximate surface area is 132 Å². The Morgan fingerprint density at radius 1 is 0.870 bits per heavy atom. The highest BCUT2D eigenvalue weighted by atomic mass is 32.2. The quantitative estimate of drug-likeness (QED) is 0.846. The molecule has 2 aromatic carbocycles. The number of sulfonamides is 2. The predicted molar refractivity (Wildman–Crippen MR) is 79.9 cm³/mol. The van der Waals surface area contributed by atoms with Crippen LogP contribution in [0.25, 0.3) is 0 Å². The Morgan fingerprint density at radius 2 is 1.48 bits per heavy atom. The minimum absolute atomic E-state index is 0.00344. The van der Waals surface area contributed by atoms with E-state index in [4.69, 9.17) is 0 Å². The average Bonchev–Trinajstić information content (AvgIpc) is 2.49. The molecular weight excluding hydrogens is 350 g/mol. The molecule has 0 unspecified atom stereocenters. The van der Waals surface area contributed by atoms with Gasteiger partial charge in [-0.05, 0) is 49.5 Å². The van der Waals surface area contributed by atoms with Gasteiger partial charge in [-0.1, -0.05) is 0 Å². The summed E-state index contributed by atoms with van der Waals surface area (Å²) in [6.07, 6.45) is 0. The van der Waals surface area contributed by atoms with Gasteiger partial charge < -0.3 is 0 Å². The van der Waals surface area contributed by atoms with Crippen LogP contribution in [-0.2, 0) is 20.0 Å². The molecule has 2 rings (SSSR count). The van der Waals surface area contributed by atoms with Crippen molar-refractivity contribution in [1.82, 2.24) is 4.72 Å². The van der Waals surface area contributed by atoms with Gasteiger partial charge in [0.05, 0.1) is 4.90 Å². The highest BCUT2D eigenvalue weighted by Gasteiger charge is 2.20. The van der Waals surface area contributed by atoms with Gasteiger partial charge in [0.15, 0.2) is 0 Å². The third kappa shape index (κ3) is 3.84. The first-order valence-corrected chi connectivity index (χ1v) is 9.14. The van der Waals surface area contributed by atoms with E-state index in [1.165, 1.54) is 31.3 Å². The van der Waals surface area contributed by atoms with E-state index in [2.05, 4.69) is 4.72 Å². The van der Waals surface area contributed by atoms with Crippen LogP contribution in [0.2, 0.25) is 0 Å². The summed E-state index contributed by atoms with van der Waals surface area (Å²) >= 11 is 0. The molecule has 0 aliphatic rings. The molecular formula is C13H12F2N2O4S2. The first-order chi connectivity index (χ1) is 10.7. The monoisotopic (exact) mass is 362 g/mol. The maximum atomic E-state index is 13.6. The zero-order chi connectivity index (χ0) is 17.3. The Balaban J connectivity index is 2.33. The fourth-order valence-corrected chi connectivity index (χ4v) is 3.59. The van der Waals surface area contributed by atoms with Crippen LogP contribution in [0.1, 0.15) is 0 Å². The lowest BCUT2D eigenvalue weighted by molar-refractivity contribution is 0.555. The van der Waals surface area contributed by atoms with Gasteiger partial charge in [0.25, 0.3) is 10.0 Å². The highest BCUT2D eigenvalue weighted by Crippen LogP contribution is 2.21. The standard InChI is InChI=1S/C13H12F2N2O4S2/c1-16-22(18,19)11-5-3-10(4-6-11)17-23(20,21)13-8-9(14)2-7-12(13)15/h2-8,16-17H,1H3. The first-order valence-electron chi connectivity index (χ1n) is 6.17. The van der Waals surface area contributed by atoms with E-state index in [-0.39, 0.29) is 10.6 Å². The van der Waals surface area contributed by atoms with E-state index in [0.717, 1.165) is 6.07 Å². The minimum Gasteiger partial charge on any atom is -0.280 e. The highest BCUT2D eigenvalue weighted by molar-refractivity contribution is 7.92. The topological polar surface area (TPSA) is 92.3 Å². The number of nitrogens with one attached hydrogen (secondary N) is 2. The third-order valence-electron chi connectivity index (χ3n) is 2.87. The number of benzene rings is 2. The molecule has 0 aromatic heterocycles. The second kappa shape index (κ2) is 6.22. The molecule has 2 N–H and O–H groups in total. The lowest BCUT2D eigenvalue weighted by atomic mass is 10.3. The summed E-state index contributed by atoms with van der Waals surface area (Å²) in [5.74, 6) is -2.00. The minimum atomic E-state index is -4.35. The van der Waals surface area contributed by atoms with Crippen LogP contribution in [-0.4, -0.2) is 23.9 Å². The summed E-state index contributed by atoms with van der Waals surface area (Å²) < 4.78 is 78.1. The van der Waals surface area contributed by atoms with E-state index in [1.54, 1.807) is 0 Å². The SMILES string of the molecule is CNS(=O)(=O)c1ccc(NS(=O)(=O)c2cc(F)ccc2F)cc1. The normalized spacial score (nSPS) is 12.1. The van der Waals surface area contributed by atoms with E-state index in [9.17, 15) is 25.6 Å². The van der Waals surface area contributed by atoms with Gasteiger partial charge in [-0.2, -0.15) is 0 Å². The van der Waals surface area contributed by atoms with Gasteiger partial charge in [0, 0.05) is 5.69 Å². The summed E-state index contributed by atoms with van der Waals surface area (Å²) in [5.41, 5.74) is 0.00344. The van der Waals surface area contributed by atoms with Crippen LogP contribution >= 0.6 is 0 Å². The Kier molecular flexibility index (Phi) is 4.68. The number of anilines is 1. The van der Waals surface area contributed by atoms with Crippen LogP contribution in [0, 0.1) is 11.6 Å². The van der Waals surface area contributed by atoms with Crippen LogP contribution in [0.5, 0.6) is 0 Å². The molecule has 0 fully saturated rings. The largest absolute Gasteiger partial charge is 0.280 e. The lowest BCUT2D eigenvalue weighted by Gasteiger charge is -2.10. The summed E-state index contributed by atoms with van der Waals surface area (Å²) in [6, 6.07) is 6.78. The van der Waals surface area contributed by atoms with Gasteiger partial charge in [-0.25, -0.2) is 30.3 Å². The van der Waals surface area contributed by atoms with Gasteiger partial charge in [0.2, 0.25) is 10.0 Å². The molecule has 0 bridgehead atoms. The number of hydrogen-bond acceptors (Lipinski definition) is 4. The molecule has 0 heterocycles. The van der Waals surface area contributed by atoms with Crippen molar-refractivity contribution in [2.75, 3.05) is 11.8 Å². The van der Waals surface area contributed by atoms with Crippen molar-refractivity contribution in [3.05, 3.63) is 54.1 Å².